The van der Waals surface area contributed by atoms with Crippen LogP contribution in [0.4, 0.5) is 5.13 Å². The first kappa shape index (κ1) is 13.2. The van der Waals surface area contributed by atoms with Gasteiger partial charge in [-0.25, -0.2) is 4.98 Å². The van der Waals surface area contributed by atoms with E-state index < -0.39 is 0 Å². The second kappa shape index (κ2) is 6.69. The zero-order chi connectivity index (χ0) is 12.0. The average Bonchev–Trinajstić information content (AvgIpc) is 2.58. The molecule has 1 aromatic heterocycles. The number of thiazole rings is 1. The van der Waals surface area contributed by atoms with E-state index in [1.165, 1.54) is 11.3 Å². The summed E-state index contributed by atoms with van der Waals surface area (Å²) in [4.78, 5) is 6.68. The van der Waals surface area contributed by atoms with Crippen LogP contribution >= 0.6 is 22.9 Å². The van der Waals surface area contributed by atoms with Gasteiger partial charge in [0.05, 0.1) is 0 Å². The number of anilines is 1. The summed E-state index contributed by atoms with van der Waals surface area (Å²) in [6, 6.07) is 2.01. The van der Waals surface area contributed by atoms with Crippen molar-refractivity contribution in [1.29, 1.82) is 5.26 Å². The van der Waals surface area contributed by atoms with Gasteiger partial charge < -0.3 is 10.2 Å². The van der Waals surface area contributed by atoms with Crippen molar-refractivity contribution in [2.45, 2.75) is 12.8 Å². The van der Waals surface area contributed by atoms with Crippen molar-refractivity contribution in [2.75, 3.05) is 32.5 Å². The number of aromatic nitrogens is 1. The number of hydrogen-bond acceptors (Lipinski definition) is 5. The van der Waals surface area contributed by atoms with Crippen LogP contribution < -0.4 is 5.32 Å². The standard InChI is InChI=1S/C10H15ClN4S/c1-15(2)6-4-3-5-13-10-14-9(11)8(7-12)16-10/h3-6H2,1-2H3,(H,13,14). The van der Waals surface area contributed by atoms with E-state index in [2.05, 4.69) is 29.3 Å². The third-order valence-electron chi connectivity index (χ3n) is 2.00. The fraction of sp³-hybridized carbons (Fsp3) is 0.600. The van der Waals surface area contributed by atoms with E-state index in [0.717, 1.165) is 31.1 Å². The van der Waals surface area contributed by atoms with E-state index in [9.17, 15) is 0 Å². The number of nitrogens with one attached hydrogen (secondary N) is 1. The summed E-state index contributed by atoms with van der Waals surface area (Å²) < 4.78 is 0. The molecule has 0 aliphatic heterocycles. The summed E-state index contributed by atoms with van der Waals surface area (Å²) in [7, 11) is 4.13. The minimum atomic E-state index is 0.295. The first-order valence-electron chi connectivity index (χ1n) is 5.08. The molecular formula is C10H15ClN4S. The third kappa shape index (κ3) is 4.35. The van der Waals surface area contributed by atoms with Gasteiger partial charge in [-0.2, -0.15) is 5.26 Å². The van der Waals surface area contributed by atoms with Gasteiger partial charge in [-0.3, -0.25) is 0 Å². The van der Waals surface area contributed by atoms with Crippen molar-refractivity contribution in [3.8, 4) is 6.07 Å². The lowest BCUT2D eigenvalue weighted by Gasteiger charge is -2.08. The molecule has 0 spiro atoms. The monoisotopic (exact) mass is 258 g/mol. The molecule has 0 aromatic carbocycles. The summed E-state index contributed by atoms with van der Waals surface area (Å²) in [6.07, 6.45) is 2.22. The lowest BCUT2D eigenvalue weighted by Crippen LogP contribution is -2.14. The van der Waals surface area contributed by atoms with Gasteiger partial charge in [-0.1, -0.05) is 22.9 Å². The van der Waals surface area contributed by atoms with Crippen LogP contribution in [-0.2, 0) is 0 Å². The van der Waals surface area contributed by atoms with Gasteiger partial charge in [0.15, 0.2) is 10.3 Å². The summed E-state index contributed by atoms with van der Waals surface area (Å²) >= 11 is 7.06. The van der Waals surface area contributed by atoms with Gasteiger partial charge in [-0.05, 0) is 33.5 Å². The van der Waals surface area contributed by atoms with Crippen LogP contribution in [0.3, 0.4) is 0 Å². The molecule has 0 saturated heterocycles. The quantitative estimate of drug-likeness (QED) is 0.797. The van der Waals surface area contributed by atoms with E-state index in [4.69, 9.17) is 16.9 Å². The maximum atomic E-state index is 8.71. The molecule has 16 heavy (non-hydrogen) atoms. The second-order valence-electron chi connectivity index (χ2n) is 3.69. The summed E-state index contributed by atoms with van der Waals surface area (Å²) in [5.41, 5.74) is 0. The normalized spacial score (nSPS) is 10.4. The minimum absolute atomic E-state index is 0.295. The highest BCUT2D eigenvalue weighted by atomic mass is 35.5. The Morgan fingerprint density at radius 3 is 2.81 bits per heavy atom. The molecule has 1 N–H and O–H groups in total. The Hall–Kier alpha value is -0.830. The van der Waals surface area contributed by atoms with Gasteiger partial charge in [0.25, 0.3) is 0 Å². The molecule has 0 aliphatic rings. The Kier molecular flexibility index (Phi) is 5.53. The van der Waals surface area contributed by atoms with Crippen molar-refractivity contribution in [3.05, 3.63) is 10.0 Å². The summed E-state index contributed by atoms with van der Waals surface area (Å²) in [5.74, 6) is 0. The molecule has 0 amide bonds. The molecule has 0 bridgehead atoms. The Labute approximate surface area is 105 Å². The van der Waals surface area contributed by atoms with E-state index in [0.29, 0.717) is 10.0 Å². The molecule has 4 nitrogen and oxygen atoms in total. The van der Waals surface area contributed by atoms with Crippen LogP contribution in [0.1, 0.15) is 17.7 Å². The predicted octanol–water partition coefficient (Wildman–Crippen LogP) is 2.42. The molecule has 6 heteroatoms. The highest BCUT2D eigenvalue weighted by Crippen LogP contribution is 2.25. The topological polar surface area (TPSA) is 52.0 Å². The van der Waals surface area contributed by atoms with E-state index in [1.807, 2.05) is 6.07 Å². The number of hydrogen-bond donors (Lipinski definition) is 1. The first-order chi connectivity index (χ1) is 7.63. The predicted molar refractivity (Wildman–Crippen MR) is 68.1 cm³/mol. The second-order valence-corrected chi connectivity index (χ2v) is 5.04. The Bertz CT molecular complexity index is 369. The molecule has 0 saturated carbocycles. The maximum absolute atomic E-state index is 8.71. The summed E-state index contributed by atoms with van der Waals surface area (Å²) in [5, 5.41) is 12.9. The van der Waals surface area contributed by atoms with E-state index >= 15 is 0 Å². The zero-order valence-electron chi connectivity index (χ0n) is 9.46. The van der Waals surface area contributed by atoms with Crippen molar-refractivity contribution in [1.82, 2.24) is 9.88 Å². The fourth-order valence-corrected chi connectivity index (χ4v) is 2.17. The highest BCUT2D eigenvalue weighted by Gasteiger charge is 2.07. The van der Waals surface area contributed by atoms with Crippen LogP contribution in [0.5, 0.6) is 0 Å². The molecule has 1 heterocycles. The van der Waals surface area contributed by atoms with Gasteiger partial charge >= 0.3 is 0 Å². The number of rotatable bonds is 6. The number of nitrogens with zero attached hydrogens (tertiary/aromatic N) is 3. The van der Waals surface area contributed by atoms with Gasteiger partial charge in [0.1, 0.15) is 10.9 Å². The molecule has 1 aromatic rings. The number of halogens is 1. The molecule has 0 aliphatic carbocycles. The van der Waals surface area contributed by atoms with E-state index in [1.54, 1.807) is 0 Å². The van der Waals surface area contributed by atoms with Crippen molar-refractivity contribution in [3.63, 3.8) is 0 Å². The van der Waals surface area contributed by atoms with Crippen LogP contribution in [0.25, 0.3) is 0 Å². The molecule has 0 atom stereocenters. The summed E-state index contributed by atoms with van der Waals surface area (Å²) in [6.45, 7) is 1.95. The highest BCUT2D eigenvalue weighted by molar-refractivity contribution is 7.16. The molecule has 0 unspecified atom stereocenters. The van der Waals surface area contributed by atoms with E-state index in [-0.39, 0.29) is 0 Å². The van der Waals surface area contributed by atoms with Crippen LogP contribution in [0.15, 0.2) is 0 Å². The van der Waals surface area contributed by atoms with Crippen LogP contribution in [-0.4, -0.2) is 37.1 Å². The molecule has 0 radical (unpaired) electrons. The number of nitriles is 1. The Balaban J connectivity index is 2.25. The van der Waals surface area contributed by atoms with Gasteiger partial charge in [-0.15, -0.1) is 0 Å². The minimum Gasteiger partial charge on any atom is -0.361 e. The maximum Gasteiger partial charge on any atom is 0.185 e. The third-order valence-corrected chi connectivity index (χ3v) is 3.30. The number of unbranched alkanes of at least 4 members (excludes halogenated alkanes) is 1. The lowest BCUT2D eigenvalue weighted by molar-refractivity contribution is 0.396. The van der Waals surface area contributed by atoms with Crippen LogP contribution in [0, 0.1) is 11.3 Å². The van der Waals surface area contributed by atoms with Crippen molar-refractivity contribution < 1.29 is 0 Å². The van der Waals surface area contributed by atoms with Gasteiger partial charge in [0, 0.05) is 6.54 Å². The molecular weight excluding hydrogens is 244 g/mol. The fourth-order valence-electron chi connectivity index (χ4n) is 1.19. The molecule has 88 valence electrons. The molecule has 1 rings (SSSR count). The molecule has 0 fully saturated rings. The lowest BCUT2D eigenvalue weighted by atomic mass is 10.3. The van der Waals surface area contributed by atoms with Gasteiger partial charge in [0.2, 0.25) is 0 Å². The Morgan fingerprint density at radius 2 is 2.25 bits per heavy atom. The zero-order valence-corrected chi connectivity index (χ0v) is 11.0. The van der Waals surface area contributed by atoms with Crippen molar-refractivity contribution in [2.24, 2.45) is 0 Å². The first-order valence-corrected chi connectivity index (χ1v) is 6.28. The van der Waals surface area contributed by atoms with Crippen molar-refractivity contribution >= 4 is 28.1 Å². The average molecular weight is 259 g/mol. The SMILES string of the molecule is CN(C)CCCCNc1nc(Cl)c(C#N)s1. The largest absolute Gasteiger partial charge is 0.361 e. The Morgan fingerprint density at radius 1 is 1.50 bits per heavy atom. The van der Waals surface area contributed by atoms with Crippen LogP contribution in [0.2, 0.25) is 5.15 Å². The smallest absolute Gasteiger partial charge is 0.185 e.